The largest absolute Gasteiger partial charge is 0.508 e. The van der Waals surface area contributed by atoms with Crippen molar-refractivity contribution in [3.63, 3.8) is 0 Å². The quantitative estimate of drug-likeness (QED) is 0.793. The van der Waals surface area contributed by atoms with Gasteiger partial charge in [0.05, 0.1) is 0 Å². The number of thioether (sulfide) groups is 1. The van der Waals surface area contributed by atoms with E-state index in [0.717, 1.165) is 24.9 Å². The Morgan fingerprint density at radius 1 is 1.33 bits per heavy atom. The summed E-state index contributed by atoms with van der Waals surface area (Å²) in [6.45, 7) is 5.96. The van der Waals surface area contributed by atoms with Crippen molar-refractivity contribution in [3.8, 4) is 5.75 Å². The Balaban J connectivity index is 2.61. The van der Waals surface area contributed by atoms with Crippen LogP contribution in [0.3, 0.4) is 0 Å². The van der Waals surface area contributed by atoms with Crippen LogP contribution in [0.1, 0.15) is 32.3 Å². The highest BCUT2D eigenvalue weighted by Gasteiger charge is 2.24. The molecule has 0 bridgehead atoms. The molecular weight excluding hydrogens is 266 g/mol. The summed E-state index contributed by atoms with van der Waals surface area (Å²) in [6, 6.07) is 5.23. The van der Waals surface area contributed by atoms with Crippen LogP contribution in [-0.4, -0.2) is 22.7 Å². The second-order valence-electron chi connectivity index (χ2n) is 4.44. The first-order valence-electron chi connectivity index (χ1n) is 6.30. The fourth-order valence-corrected chi connectivity index (χ4v) is 3.06. The summed E-state index contributed by atoms with van der Waals surface area (Å²) in [7, 11) is 0. The lowest BCUT2D eigenvalue weighted by molar-refractivity contribution is 0.456. The van der Waals surface area contributed by atoms with Gasteiger partial charge in [0.1, 0.15) is 5.75 Å². The minimum atomic E-state index is 0.262. The molecule has 1 aromatic carbocycles. The molecule has 18 heavy (non-hydrogen) atoms. The van der Waals surface area contributed by atoms with Crippen molar-refractivity contribution < 1.29 is 5.11 Å². The molecule has 0 atom stereocenters. The van der Waals surface area contributed by atoms with Gasteiger partial charge in [-0.1, -0.05) is 31.5 Å². The predicted molar refractivity (Wildman–Crippen MR) is 81.7 cm³/mol. The van der Waals surface area contributed by atoms with E-state index in [1.807, 2.05) is 11.8 Å². The topological polar surface area (TPSA) is 32.3 Å². The molecule has 0 fully saturated rings. The first kappa shape index (κ1) is 15.7. The predicted octanol–water partition coefficient (Wildman–Crippen LogP) is 4.06. The van der Waals surface area contributed by atoms with E-state index in [-0.39, 0.29) is 10.5 Å². The number of hydrogen-bond donors (Lipinski definition) is 2. The molecule has 0 spiro atoms. The van der Waals surface area contributed by atoms with Crippen molar-refractivity contribution in [2.75, 3.05) is 12.8 Å². The van der Waals surface area contributed by atoms with Gasteiger partial charge in [-0.05, 0) is 31.2 Å². The molecule has 0 saturated carbocycles. The van der Waals surface area contributed by atoms with Crippen LogP contribution in [0.2, 0.25) is 5.02 Å². The van der Waals surface area contributed by atoms with Gasteiger partial charge in [-0.15, -0.1) is 0 Å². The number of rotatable bonds is 7. The van der Waals surface area contributed by atoms with Crippen molar-refractivity contribution in [3.05, 3.63) is 28.8 Å². The van der Waals surface area contributed by atoms with Gasteiger partial charge in [0.15, 0.2) is 0 Å². The van der Waals surface area contributed by atoms with E-state index in [9.17, 15) is 5.11 Å². The summed E-state index contributed by atoms with van der Waals surface area (Å²) >= 11 is 7.98. The maximum Gasteiger partial charge on any atom is 0.121 e. The molecule has 0 saturated heterocycles. The molecular formula is C14H22ClNOS. The van der Waals surface area contributed by atoms with Crippen LogP contribution in [0.25, 0.3) is 0 Å². The van der Waals surface area contributed by atoms with E-state index in [2.05, 4.69) is 25.4 Å². The first-order chi connectivity index (χ1) is 8.58. The van der Waals surface area contributed by atoms with Crippen LogP contribution in [-0.2, 0) is 6.54 Å². The van der Waals surface area contributed by atoms with E-state index in [1.54, 1.807) is 18.2 Å². The third kappa shape index (κ3) is 3.81. The van der Waals surface area contributed by atoms with Gasteiger partial charge in [-0.2, -0.15) is 11.8 Å². The minimum absolute atomic E-state index is 0.262. The summed E-state index contributed by atoms with van der Waals surface area (Å²) < 4.78 is 0.275. The molecule has 0 amide bonds. The lowest BCUT2D eigenvalue weighted by Gasteiger charge is -2.30. The first-order valence-corrected chi connectivity index (χ1v) is 7.91. The van der Waals surface area contributed by atoms with Crippen molar-refractivity contribution in [2.45, 2.75) is 38.0 Å². The molecule has 0 aliphatic rings. The van der Waals surface area contributed by atoms with Crippen LogP contribution in [0, 0.1) is 0 Å². The van der Waals surface area contributed by atoms with Gasteiger partial charge in [0, 0.05) is 28.4 Å². The van der Waals surface area contributed by atoms with Gasteiger partial charge in [-0.25, -0.2) is 0 Å². The SMILES string of the molecule is CCC(CC)(CNCc1c(O)cccc1Cl)SC. The average Bonchev–Trinajstić information content (AvgIpc) is 2.38. The molecule has 4 heteroatoms. The molecule has 1 rings (SSSR count). The molecule has 1 aromatic rings. The normalized spacial score (nSPS) is 11.8. The highest BCUT2D eigenvalue weighted by Crippen LogP contribution is 2.30. The minimum Gasteiger partial charge on any atom is -0.508 e. The van der Waals surface area contributed by atoms with Gasteiger partial charge < -0.3 is 10.4 Å². The maximum absolute atomic E-state index is 9.76. The number of hydrogen-bond acceptors (Lipinski definition) is 3. The Morgan fingerprint density at radius 3 is 2.50 bits per heavy atom. The third-order valence-electron chi connectivity index (χ3n) is 3.56. The Kier molecular flexibility index (Phi) is 6.33. The highest BCUT2D eigenvalue weighted by atomic mass is 35.5. The zero-order valence-corrected chi connectivity index (χ0v) is 12.9. The summed E-state index contributed by atoms with van der Waals surface area (Å²) in [5.41, 5.74) is 0.779. The van der Waals surface area contributed by atoms with Crippen LogP contribution >= 0.6 is 23.4 Å². The van der Waals surface area contributed by atoms with Gasteiger partial charge in [0.2, 0.25) is 0 Å². The molecule has 102 valence electrons. The molecule has 2 N–H and O–H groups in total. The Labute approximate surface area is 119 Å². The van der Waals surface area contributed by atoms with Crippen molar-refractivity contribution in [2.24, 2.45) is 0 Å². The lowest BCUT2D eigenvalue weighted by Crippen LogP contribution is -2.36. The molecule has 0 unspecified atom stereocenters. The lowest BCUT2D eigenvalue weighted by atomic mass is 10.0. The number of aromatic hydroxyl groups is 1. The van der Waals surface area contributed by atoms with Crippen LogP contribution in [0.4, 0.5) is 0 Å². The molecule has 0 radical (unpaired) electrons. The van der Waals surface area contributed by atoms with Crippen molar-refractivity contribution >= 4 is 23.4 Å². The van der Waals surface area contributed by atoms with Gasteiger partial charge in [0.25, 0.3) is 0 Å². The van der Waals surface area contributed by atoms with Crippen LogP contribution in [0.15, 0.2) is 18.2 Å². The summed E-state index contributed by atoms with van der Waals surface area (Å²) in [4.78, 5) is 0. The molecule has 2 nitrogen and oxygen atoms in total. The number of nitrogens with one attached hydrogen (secondary N) is 1. The third-order valence-corrected chi connectivity index (χ3v) is 5.51. The number of benzene rings is 1. The van der Waals surface area contributed by atoms with Gasteiger partial charge in [-0.3, -0.25) is 0 Å². The zero-order valence-electron chi connectivity index (χ0n) is 11.3. The van der Waals surface area contributed by atoms with E-state index in [1.165, 1.54) is 0 Å². The second kappa shape index (κ2) is 7.27. The van der Waals surface area contributed by atoms with Crippen LogP contribution in [0.5, 0.6) is 5.75 Å². The van der Waals surface area contributed by atoms with E-state index in [4.69, 9.17) is 11.6 Å². The Hall–Kier alpha value is -0.380. The van der Waals surface area contributed by atoms with Gasteiger partial charge >= 0.3 is 0 Å². The summed E-state index contributed by atoms with van der Waals surface area (Å²) in [5.74, 6) is 0.262. The number of phenolic OH excluding ortho intramolecular Hbond substituents is 1. The smallest absolute Gasteiger partial charge is 0.121 e. The highest BCUT2D eigenvalue weighted by molar-refractivity contribution is 8.00. The molecule has 0 aromatic heterocycles. The maximum atomic E-state index is 9.76. The van der Waals surface area contributed by atoms with Crippen LogP contribution < -0.4 is 5.32 Å². The standard InChI is InChI=1S/C14H22ClNOS/c1-4-14(5-2,18-3)10-16-9-11-12(15)7-6-8-13(11)17/h6-8,16-17H,4-5,9-10H2,1-3H3. The summed E-state index contributed by atoms with van der Waals surface area (Å²) in [5, 5.41) is 13.8. The fourth-order valence-electron chi connectivity index (χ4n) is 2.00. The van der Waals surface area contributed by atoms with E-state index >= 15 is 0 Å². The fraction of sp³-hybridized carbons (Fsp3) is 0.571. The number of phenols is 1. The monoisotopic (exact) mass is 287 g/mol. The molecule has 0 aliphatic carbocycles. The van der Waals surface area contributed by atoms with Crippen molar-refractivity contribution in [1.29, 1.82) is 0 Å². The molecule has 0 heterocycles. The van der Waals surface area contributed by atoms with E-state index < -0.39 is 0 Å². The zero-order chi connectivity index (χ0) is 13.6. The van der Waals surface area contributed by atoms with Crippen molar-refractivity contribution in [1.82, 2.24) is 5.32 Å². The Morgan fingerprint density at radius 2 is 2.00 bits per heavy atom. The average molecular weight is 288 g/mol. The van der Waals surface area contributed by atoms with E-state index in [0.29, 0.717) is 11.6 Å². The second-order valence-corrected chi connectivity index (χ2v) is 6.12. The number of halogens is 1. The molecule has 0 aliphatic heterocycles. The Bertz CT molecular complexity index is 352. The summed E-state index contributed by atoms with van der Waals surface area (Å²) in [6.07, 6.45) is 4.42.